The highest BCUT2D eigenvalue weighted by Crippen LogP contribution is 2.37. The molecule has 0 radical (unpaired) electrons. The summed E-state index contributed by atoms with van der Waals surface area (Å²) in [6.07, 6.45) is 0. The summed E-state index contributed by atoms with van der Waals surface area (Å²) >= 11 is 0. The molecule has 3 nitrogen and oxygen atoms in total. The van der Waals surface area contributed by atoms with E-state index >= 15 is 0 Å². The van der Waals surface area contributed by atoms with Crippen LogP contribution in [0.5, 0.6) is 0 Å². The van der Waals surface area contributed by atoms with Gasteiger partial charge in [-0.05, 0) is 0 Å². The monoisotopic (exact) mass is 152 g/mol. The Kier molecular flexibility index (Phi) is 2.04. The van der Waals surface area contributed by atoms with E-state index in [0.717, 1.165) is 0 Å². The lowest BCUT2D eigenvalue weighted by atomic mass is 11.8. The van der Waals surface area contributed by atoms with Crippen molar-refractivity contribution in [3.05, 3.63) is 0 Å². The van der Waals surface area contributed by atoms with Crippen LogP contribution in [0.1, 0.15) is 0 Å². The maximum Gasteiger partial charge on any atom is 0.0822 e. The summed E-state index contributed by atoms with van der Waals surface area (Å²) in [5.74, 6) is 0. The van der Waals surface area contributed by atoms with Gasteiger partial charge in [0, 0.05) is 0 Å². The van der Waals surface area contributed by atoms with Crippen molar-refractivity contribution in [1.29, 1.82) is 0 Å². The van der Waals surface area contributed by atoms with Crippen molar-refractivity contribution in [1.82, 2.24) is 0 Å². The van der Waals surface area contributed by atoms with Crippen molar-refractivity contribution in [2.24, 2.45) is 0 Å². The minimum atomic E-state index is -4.21. The third-order valence-corrected chi connectivity index (χ3v) is 7.39. The predicted molar refractivity (Wildman–Crippen MR) is 31.0 cm³/mol. The van der Waals surface area contributed by atoms with Crippen LogP contribution >= 0.6 is 7.14 Å². The van der Waals surface area contributed by atoms with Gasteiger partial charge in [-0.2, -0.15) is 0 Å². The standard InChI is InChI=1S/C3H11O3PSi/c1-8(2,3)7(4,5)6/h1-3H3,(H2,4,5,6)/p-2. The third-order valence-electron chi connectivity index (χ3n) is 0.822. The van der Waals surface area contributed by atoms with Gasteiger partial charge in [-0.3, -0.25) is 0 Å². The molecule has 0 atom stereocenters. The molecule has 0 fully saturated rings. The van der Waals surface area contributed by atoms with Gasteiger partial charge >= 0.3 is 0 Å². The van der Waals surface area contributed by atoms with E-state index in [9.17, 15) is 14.4 Å². The van der Waals surface area contributed by atoms with Gasteiger partial charge in [0.1, 0.15) is 0 Å². The van der Waals surface area contributed by atoms with Gasteiger partial charge < -0.3 is 14.4 Å². The molecule has 0 unspecified atom stereocenters. The molecule has 5 heteroatoms. The Balaban J connectivity index is 4.26. The zero-order chi connectivity index (χ0) is 7.00. The minimum absolute atomic E-state index is 1.52. The molecule has 0 spiro atoms. The van der Waals surface area contributed by atoms with Gasteiger partial charge in [-0.1, -0.05) is 26.8 Å². The molecule has 0 saturated heterocycles. The Morgan fingerprint density at radius 2 is 1.38 bits per heavy atom. The predicted octanol–water partition coefficient (Wildman–Crippen LogP) is -0.265. The van der Waals surface area contributed by atoms with E-state index < -0.39 is 14.9 Å². The van der Waals surface area contributed by atoms with Crippen LogP contribution in [0.3, 0.4) is 0 Å². The van der Waals surface area contributed by atoms with Crippen molar-refractivity contribution in [2.45, 2.75) is 19.6 Å². The fourth-order valence-corrected chi connectivity index (χ4v) is 0. The Hall–Kier alpha value is 0.367. The van der Waals surface area contributed by atoms with E-state index in [4.69, 9.17) is 0 Å². The highest BCUT2D eigenvalue weighted by atomic mass is 31.4. The molecular weight excluding hydrogens is 143 g/mol. The molecule has 0 aromatic heterocycles. The van der Waals surface area contributed by atoms with E-state index in [2.05, 4.69) is 0 Å². The average Bonchev–Trinajstić information content (AvgIpc) is 1.25. The van der Waals surface area contributed by atoms with Crippen LogP contribution in [-0.4, -0.2) is 7.74 Å². The summed E-state index contributed by atoms with van der Waals surface area (Å²) in [4.78, 5) is 20.4. The van der Waals surface area contributed by atoms with E-state index in [1.54, 1.807) is 0 Å². The summed E-state index contributed by atoms with van der Waals surface area (Å²) in [5, 5.41) is 0. The molecule has 8 heavy (non-hydrogen) atoms. The molecule has 0 aliphatic carbocycles. The molecule has 0 aromatic carbocycles. The summed E-state index contributed by atoms with van der Waals surface area (Å²) in [7, 11) is -6.63. The molecule has 0 bridgehead atoms. The first-order chi connectivity index (χ1) is 3.25. The zero-order valence-electron chi connectivity index (χ0n) is 5.17. The van der Waals surface area contributed by atoms with Crippen LogP contribution in [0.25, 0.3) is 0 Å². The zero-order valence-corrected chi connectivity index (χ0v) is 7.07. The molecule has 0 saturated carbocycles. The Bertz CT molecular complexity index is 121. The van der Waals surface area contributed by atoms with Gasteiger partial charge in [0.2, 0.25) is 0 Å². The highest BCUT2D eigenvalue weighted by molar-refractivity contribution is 7.89. The molecular formula is C3H9O3PSi-2. The smallest absolute Gasteiger partial charge is 0.0822 e. The summed E-state index contributed by atoms with van der Waals surface area (Å²) in [6.45, 7) is 4.56. The molecule has 0 amide bonds. The highest BCUT2D eigenvalue weighted by Gasteiger charge is 2.16. The van der Waals surface area contributed by atoms with Crippen LogP contribution in [-0.2, 0) is 4.57 Å². The first kappa shape index (κ1) is 8.37. The topological polar surface area (TPSA) is 63.2 Å². The van der Waals surface area contributed by atoms with Gasteiger partial charge in [0.15, 0.2) is 0 Å². The maximum absolute atomic E-state index is 10.2. The van der Waals surface area contributed by atoms with Crippen molar-refractivity contribution < 1.29 is 14.4 Å². The van der Waals surface area contributed by atoms with Crippen LogP contribution in [0, 0.1) is 0 Å². The normalized spacial score (nSPS) is 14.1. The molecule has 0 aliphatic heterocycles. The van der Waals surface area contributed by atoms with Crippen LogP contribution < -0.4 is 9.79 Å². The Labute approximate surface area is 49.8 Å². The first-order valence-electron chi connectivity index (χ1n) is 2.27. The van der Waals surface area contributed by atoms with Crippen molar-refractivity contribution in [2.75, 3.05) is 0 Å². The lowest BCUT2D eigenvalue weighted by Gasteiger charge is -2.41. The van der Waals surface area contributed by atoms with Gasteiger partial charge in [-0.15, -0.1) is 0 Å². The number of rotatable bonds is 1. The average molecular weight is 152 g/mol. The van der Waals surface area contributed by atoms with Crippen molar-refractivity contribution in [3.8, 4) is 0 Å². The van der Waals surface area contributed by atoms with E-state index in [1.165, 1.54) is 19.6 Å². The van der Waals surface area contributed by atoms with Gasteiger partial charge in [0.25, 0.3) is 0 Å². The van der Waals surface area contributed by atoms with Gasteiger partial charge in [-0.25, -0.2) is 0 Å². The third kappa shape index (κ3) is 2.09. The second-order valence-electron chi connectivity index (χ2n) is 2.67. The largest absolute Gasteiger partial charge is 0.814 e. The summed E-state index contributed by atoms with van der Waals surface area (Å²) in [6, 6.07) is 0. The Morgan fingerprint density at radius 1 is 1.25 bits per heavy atom. The summed E-state index contributed by atoms with van der Waals surface area (Å²) in [5.41, 5.74) is 0. The molecule has 0 N–H and O–H groups in total. The van der Waals surface area contributed by atoms with Crippen LogP contribution in [0.15, 0.2) is 0 Å². The molecule has 0 aromatic rings. The first-order valence-corrected chi connectivity index (χ1v) is 8.16. The Morgan fingerprint density at radius 3 is 1.38 bits per heavy atom. The second kappa shape index (κ2) is 1.95. The quantitative estimate of drug-likeness (QED) is 0.384. The fraction of sp³-hybridized carbons (Fsp3) is 1.00. The number of hydrogen-bond donors (Lipinski definition) is 0. The van der Waals surface area contributed by atoms with E-state index in [1.807, 2.05) is 0 Å². The summed E-state index contributed by atoms with van der Waals surface area (Å²) < 4.78 is 10.2. The molecule has 0 aliphatic rings. The van der Waals surface area contributed by atoms with Gasteiger partial charge in [0.05, 0.1) is 7.74 Å². The van der Waals surface area contributed by atoms with Crippen molar-refractivity contribution in [3.63, 3.8) is 0 Å². The van der Waals surface area contributed by atoms with E-state index in [0.29, 0.717) is 0 Å². The van der Waals surface area contributed by atoms with Crippen LogP contribution in [0.2, 0.25) is 19.6 Å². The second-order valence-corrected chi connectivity index (χ2v) is 13.7. The lowest BCUT2D eigenvalue weighted by Crippen LogP contribution is -2.35. The fourth-order valence-electron chi connectivity index (χ4n) is 0. The van der Waals surface area contributed by atoms with E-state index in [-0.39, 0.29) is 0 Å². The maximum atomic E-state index is 10.2. The number of hydrogen-bond acceptors (Lipinski definition) is 3. The molecule has 0 rings (SSSR count). The molecule has 50 valence electrons. The minimum Gasteiger partial charge on any atom is -0.814 e. The molecule has 0 heterocycles. The van der Waals surface area contributed by atoms with Crippen molar-refractivity contribution >= 4 is 14.9 Å². The van der Waals surface area contributed by atoms with Crippen LogP contribution in [0.4, 0.5) is 0 Å². The SMILES string of the molecule is C[Si](C)(C)P(=O)([O-])[O-]. The lowest BCUT2D eigenvalue weighted by molar-refractivity contribution is -0.305.